The summed E-state index contributed by atoms with van der Waals surface area (Å²) in [6.07, 6.45) is 2.93. The fourth-order valence-corrected chi connectivity index (χ4v) is 7.97. The number of aliphatic hydroxyl groups excluding tert-OH is 1. The zero-order valence-corrected chi connectivity index (χ0v) is 19.5. The molecule has 0 spiro atoms. The van der Waals surface area contributed by atoms with E-state index in [0.29, 0.717) is 12.0 Å². The van der Waals surface area contributed by atoms with Gasteiger partial charge in [-0.2, -0.15) is 0 Å². The van der Waals surface area contributed by atoms with Crippen LogP contribution in [0.3, 0.4) is 0 Å². The molecule has 0 aliphatic heterocycles. The van der Waals surface area contributed by atoms with E-state index in [1.165, 1.54) is 18.2 Å². The molecule has 0 bridgehead atoms. The van der Waals surface area contributed by atoms with Crippen LogP contribution in [0.15, 0.2) is 23.8 Å². The van der Waals surface area contributed by atoms with Crippen LogP contribution in [-0.4, -0.2) is 50.7 Å². The Hall–Kier alpha value is -1.73. The van der Waals surface area contributed by atoms with E-state index in [1.807, 2.05) is 0 Å². The molecule has 0 radical (unpaired) electrons. The van der Waals surface area contributed by atoms with Gasteiger partial charge in [-0.15, -0.1) is 11.6 Å². The quantitative estimate of drug-likeness (QED) is 0.485. The highest BCUT2D eigenvalue weighted by Crippen LogP contribution is 2.71. The van der Waals surface area contributed by atoms with Crippen molar-refractivity contribution in [2.45, 2.75) is 76.1 Å². The number of fused-ring (bicyclic) bond motifs is 5. The number of carbonyl (C=O) groups excluding carboxylic acids is 2. The van der Waals surface area contributed by atoms with Crippen LogP contribution in [-0.2, 0) is 19.1 Å². The third-order valence-electron chi connectivity index (χ3n) is 9.05. The van der Waals surface area contributed by atoms with E-state index in [2.05, 4.69) is 0 Å². The molecule has 2 N–H and O–H groups in total. The number of rotatable bonds is 3. The van der Waals surface area contributed by atoms with E-state index >= 15 is 4.39 Å². The Balaban J connectivity index is 1.87. The summed E-state index contributed by atoms with van der Waals surface area (Å²) >= 11 is 6.68. The van der Waals surface area contributed by atoms with Gasteiger partial charge >= 0.3 is 11.9 Å². The maximum atomic E-state index is 17.2. The number of alkyl halides is 2. The van der Waals surface area contributed by atoms with Gasteiger partial charge in [0.05, 0.1) is 11.5 Å². The zero-order valence-electron chi connectivity index (χ0n) is 18.7. The summed E-state index contributed by atoms with van der Waals surface area (Å²) in [5.41, 5.74) is -6.06. The van der Waals surface area contributed by atoms with Crippen molar-refractivity contribution in [1.29, 1.82) is 0 Å². The molecule has 3 fully saturated rings. The summed E-state index contributed by atoms with van der Waals surface area (Å²) in [5, 5.41) is 21.0. The molecule has 0 aromatic heterocycles. The fraction of sp³-hybridized carbons (Fsp3) is 0.708. The van der Waals surface area contributed by atoms with Crippen molar-refractivity contribution in [3.63, 3.8) is 0 Å². The van der Waals surface area contributed by atoms with E-state index < -0.39 is 63.3 Å². The number of hydrogen-bond acceptors (Lipinski definition) is 5. The average Bonchev–Trinajstić information content (AvgIpc) is 2.93. The molecule has 4 aliphatic rings. The van der Waals surface area contributed by atoms with Gasteiger partial charge in [-0.1, -0.05) is 26.8 Å². The maximum absolute atomic E-state index is 17.2. The molecule has 9 unspecified atom stereocenters. The molecular formula is C24H30ClFO6. The van der Waals surface area contributed by atoms with E-state index in [9.17, 15) is 24.6 Å². The van der Waals surface area contributed by atoms with Gasteiger partial charge in [0, 0.05) is 29.1 Å². The number of allylic oxidation sites excluding steroid dienone is 4. The lowest BCUT2D eigenvalue weighted by molar-refractivity contribution is -0.234. The SMILES string of the molecule is CCC(=O)OC1(C(=O)O)C(C)CC2C3CC(Cl)C4=CC(=O)C=CC4(C)C3(F)C(O)CC21C. The van der Waals surface area contributed by atoms with Crippen LogP contribution in [0.1, 0.15) is 53.4 Å². The van der Waals surface area contributed by atoms with Crippen molar-refractivity contribution in [2.24, 2.45) is 28.6 Å². The van der Waals surface area contributed by atoms with Gasteiger partial charge in [-0.05, 0) is 49.8 Å². The predicted octanol–water partition coefficient (Wildman–Crippen LogP) is 3.60. The second-order valence-corrected chi connectivity index (χ2v) is 10.9. The molecule has 8 heteroatoms. The Morgan fingerprint density at radius 2 is 1.94 bits per heavy atom. The van der Waals surface area contributed by atoms with Gasteiger partial charge in [0.2, 0.25) is 5.60 Å². The second-order valence-electron chi connectivity index (χ2n) is 10.4. The van der Waals surface area contributed by atoms with Gasteiger partial charge in [-0.25, -0.2) is 9.18 Å². The Bertz CT molecular complexity index is 947. The number of carbonyl (C=O) groups is 3. The number of esters is 1. The molecule has 6 nitrogen and oxygen atoms in total. The van der Waals surface area contributed by atoms with Crippen molar-refractivity contribution >= 4 is 29.3 Å². The van der Waals surface area contributed by atoms with Crippen LogP contribution in [0.5, 0.6) is 0 Å². The third-order valence-corrected chi connectivity index (χ3v) is 9.46. The topological polar surface area (TPSA) is 101 Å². The number of carboxylic acids is 1. The molecule has 32 heavy (non-hydrogen) atoms. The first-order valence-electron chi connectivity index (χ1n) is 11.2. The van der Waals surface area contributed by atoms with Crippen LogP contribution in [0.4, 0.5) is 4.39 Å². The lowest BCUT2D eigenvalue weighted by Crippen LogP contribution is -2.70. The molecule has 0 heterocycles. The van der Waals surface area contributed by atoms with Crippen LogP contribution in [0.25, 0.3) is 0 Å². The van der Waals surface area contributed by atoms with Crippen molar-refractivity contribution < 1.29 is 33.7 Å². The van der Waals surface area contributed by atoms with Crippen molar-refractivity contribution in [2.75, 3.05) is 0 Å². The Morgan fingerprint density at radius 3 is 2.53 bits per heavy atom. The number of carboxylic acid groups (broad SMARTS) is 1. The van der Waals surface area contributed by atoms with Crippen molar-refractivity contribution in [3.05, 3.63) is 23.8 Å². The van der Waals surface area contributed by atoms with Gasteiger partial charge < -0.3 is 14.9 Å². The van der Waals surface area contributed by atoms with Gasteiger partial charge in [0.15, 0.2) is 11.5 Å². The second kappa shape index (κ2) is 7.13. The summed E-state index contributed by atoms with van der Waals surface area (Å²) in [5.74, 6) is -4.03. The molecule has 0 aromatic carbocycles. The molecule has 9 atom stereocenters. The first-order chi connectivity index (χ1) is 14.8. The Morgan fingerprint density at radius 1 is 1.28 bits per heavy atom. The number of aliphatic carboxylic acids is 1. The van der Waals surface area contributed by atoms with Gasteiger partial charge in [0.1, 0.15) is 0 Å². The molecule has 0 saturated heterocycles. The van der Waals surface area contributed by atoms with Gasteiger partial charge in [0.25, 0.3) is 0 Å². The number of hydrogen-bond donors (Lipinski definition) is 2. The van der Waals surface area contributed by atoms with Crippen molar-refractivity contribution in [1.82, 2.24) is 0 Å². The minimum atomic E-state index is -2.14. The highest BCUT2D eigenvalue weighted by molar-refractivity contribution is 6.23. The number of halogens is 2. The Kier molecular flexibility index (Phi) is 5.22. The van der Waals surface area contributed by atoms with E-state index in [-0.39, 0.29) is 25.0 Å². The van der Waals surface area contributed by atoms with Crippen LogP contribution >= 0.6 is 11.6 Å². The first kappa shape index (κ1) is 23.4. The molecule has 0 aromatic rings. The minimum Gasteiger partial charge on any atom is -0.478 e. The normalized spacial score (nSPS) is 49.5. The summed E-state index contributed by atoms with van der Waals surface area (Å²) in [7, 11) is 0. The monoisotopic (exact) mass is 468 g/mol. The number of ether oxygens (including phenoxy) is 1. The predicted molar refractivity (Wildman–Crippen MR) is 115 cm³/mol. The summed E-state index contributed by atoms with van der Waals surface area (Å²) in [6, 6.07) is 0. The first-order valence-corrected chi connectivity index (χ1v) is 11.6. The van der Waals surface area contributed by atoms with Gasteiger partial charge in [-0.3, -0.25) is 9.59 Å². The van der Waals surface area contributed by atoms with Crippen molar-refractivity contribution in [3.8, 4) is 0 Å². The summed E-state index contributed by atoms with van der Waals surface area (Å²) in [6.45, 7) is 6.64. The average molecular weight is 469 g/mol. The third kappa shape index (κ3) is 2.58. The highest BCUT2D eigenvalue weighted by Gasteiger charge is 2.78. The minimum absolute atomic E-state index is 0.0102. The largest absolute Gasteiger partial charge is 0.478 e. The Labute approximate surface area is 191 Å². The molecule has 0 amide bonds. The van der Waals surface area contributed by atoms with Crippen LogP contribution in [0.2, 0.25) is 0 Å². The summed E-state index contributed by atoms with van der Waals surface area (Å²) in [4.78, 5) is 36.9. The molecular weight excluding hydrogens is 439 g/mol. The lowest BCUT2D eigenvalue weighted by atomic mass is 9.44. The summed E-state index contributed by atoms with van der Waals surface area (Å²) < 4.78 is 22.8. The highest BCUT2D eigenvalue weighted by atomic mass is 35.5. The zero-order chi connectivity index (χ0) is 23.9. The van der Waals surface area contributed by atoms with E-state index in [4.69, 9.17) is 16.3 Å². The van der Waals surface area contributed by atoms with E-state index in [1.54, 1.807) is 27.7 Å². The standard InChI is InChI=1S/C24H30ClFO6/c1-5-19(29)32-24(20(30)31)12(2)8-14-15-10-17(25)16-9-13(27)6-7-21(16,3)23(15,26)18(28)11-22(14,24)4/h6-7,9,12,14-15,17-18,28H,5,8,10-11H2,1-4H3,(H,30,31). The smallest absolute Gasteiger partial charge is 0.349 e. The fourth-order valence-electron chi connectivity index (χ4n) is 7.49. The van der Waals surface area contributed by atoms with E-state index in [0.717, 1.165) is 0 Å². The molecule has 4 rings (SSSR count). The van der Waals surface area contributed by atoms with Crippen LogP contribution in [0, 0.1) is 28.6 Å². The lowest BCUT2D eigenvalue weighted by Gasteiger charge is -2.63. The van der Waals surface area contributed by atoms with Crippen LogP contribution < -0.4 is 0 Å². The maximum Gasteiger partial charge on any atom is 0.349 e. The number of ketones is 1. The molecule has 3 saturated carbocycles. The molecule has 4 aliphatic carbocycles. The number of aliphatic hydroxyl groups is 1. The molecule has 176 valence electrons.